The molecule has 128 heavy (non-hydrogen) atoms. The van der Waals surface area contributed by atoms with Crippen molar-refractivity contribution in [1.82, 2.24) is 0 Å². The Morgan fingerprint density at radius 2 is 0.484 bits per heavy atom. The van der Waals surface area contributed by atoms with E-state index in [1.165, 1.54) is 105 Å². The van der Waals surface area contributed by atoms with E-state index in [2.05, 4.69) is 560 Å². The van der Waals surface area contributed by atoms with Gasteiger partial charge >= 0.3 is 0 Å². The predicted molar refractivity (Wildman–Crippen MR) is 607 cm³/mol. The summed E-state index contributed by atoms with van der Waals surface area (Å²) in [6.45, 7) is 79.8. The number of benzene rings is 15. The Morgan fingerprint density at radius 3 is 0.938 bits per heavy atom. The van der Waals surface area contributed by atoms with Gasteiger partial charge < -0.3 is 0 Å². The normalized spacial score (nSPS) is 11.4. The molecule has 15 aromatic rings. The van der Waals surface area contributed by atoms with Crippen LogP contribution in [0.3, 0.4) is 0 Å². The lowest BCUT2D eigenvalue weighted by molar-refractivity contribution is 1.46. The van der Waals surface area contributed by atoms with E-state index in [1.54, 1.807) is 47.1 Å². The molecule has 0 bridgehead atoms. The Kier molecular flexibility index (Phi) is 41.1. The van der Waals surface area contributed by atoms with Gasteiger partial charge in [0.05, 0.1) is 64.6 Å². The van der Waals surface area contributed by atoms with Crippen LogP contribution in [0.25, 0.3) is 54.9 Å². The minimum absolute atomic E-state index is 1.06. The summed E-state index contributed by atoms with van der Waals surface area (Å²) in [5.74, 6) is 0. The molecule has 0 radical (unpaired) electrons. The Bertz CT molecular complexity index is 5780. The molecule has 0 spiro atoms. The van der Waals surface area contributed by atoms with Crippen molar-refractivity contribution in [1.29, 1.82) is 0 Å². The summed E-state index contributed by atoms with van der Waals surface area (Å²) in [6, 6.07) is 126. The molecule has 15 rings (SSSR count). The van der Waals surface area contributed by atoms with Crippen molar-refractivity contribution < 1.29 is 0 Å². The third-order valence-electron chi connectivity index (χ3n) is 22.9. The maximum Gasteiger partial charge on any atom is 0.0779 e. The van der Waals surface area contributed by atoms with Crippen LogP contribution in [0.4, 0.5) is 0 Å². The van der Waals surface area contributed by atoms with Crippen molar-refractivity contribution in [2.75, 3.05) is 0 Å². The van der Waals surface area contributed by atoms with E-state index in [0.29, 0.717) is 0 Å². The first kappa shape index (κ1) is 107. The lowest BCUT2D eigenvalue weighted by Crippen LogP contribution is -2.48. The fraction of sp³-hybridized carbons (Fsp3) is 0.283. The van der Waals surface area contributed by atoms with E-state index >= 15 is 0 Å². The number of rotatable bonds is 11. The highest BCUT2D eigenvalue weighted by Crippen LogP contribution is 2.25. The molecule has 0 aliphatic rings. The Balaban J connectivity index is 0.000000220. The van der Waals surface area contributed by atoms with Gasteiger partial charge in [0.1, 0.15) is 0 Å². The van der Waals surface area contributed by atoms with Crippen molar-refractivity contribution in [3.05, 3.63) is 407 Å². The molecule has 8 heteroatoms. The average Bonchev–Trinajstić information content (AvgIpc) is 0.797. The second kappa shape index (κ2) is 49.0. The lowest BCUT2D eigenvalue weighted by Gasteiger charge is -2.26. The van der Waals surface area contributed by atoms with E-state index in [1.807, 2.05) is 18.2 Å². The molecule has 0 aliphatic heterocycles. The Labute approximate surface area is 788 Å². The van der Waals surface area contributed by atoms with Gasteiger partial charge in [-0.25, -0.2) is 0 Å². The smallest absolute Gasteiger partial charge is 0.0656 e. The molecule has 0 unspecified atom stereocenters. The summed E-state index contributed by atoms with van der Waals surface area (Å²) in [5, 5.41) is 18.2. The maximum atomic E-state index is 2.49. The Hall–Kier alpha value is -9.44. The molecule has 15 aromatic carbocycles. The van der Waals surface area contributed by atoms with Gasteiger partial charge in [0.15, 0.2) is 0 Å². The minimum atomic E-state index is -1.17. The fourth-order valence-electron chi connectivity index (χ4n) is 15.4. The van der Waals surface area contributed by atoms with E-state index in [4.69, 9.17) is 0 Å². The van der Waals surface area contributed by atoms with Crippen LogP contribution in [0.2, 0.25) is 157 Å². The number of aryl methyl sites for hydroxylation is 9. The zero-order valence-electron chi connectivity index (χ0n) is 85.5. The molecule has 0 amide bonds. The van der Waals surface area contributed by atoms with Crippen molar-refractivity contribution in [3.63, 3.8) is 0 Å². The molecular formula is C120H160Si8. The van der Waals surface area contributed by atoms with Gasteiger partial charge in [-0.05, 0) is 135 Å². The van der Waals surface area contributed by atoms with Crippen molar-refractivity contribution >= 4 is 128 Å². The van der Waals surface area contributed by atoms with Crippen LogP contribution < -0.4 is 41.5 Å². The molecular weight excluding hydrogens is 1670 g/mol. The fourth-order valence-corrected chi connectivity index (χ4v) is 28.1. The highest BCUT2D eigenvalue weighted by atomic mass is 28.3. The standard InChI is InChI=1S/3C13H24Si2.3C13H12.2C11H10.2C10H16Si/c1-11-8-12(14(2,3)4)10-13(9-11)15(5,6)7;1-11-8-9-12(14(2,3)4)10-13(11)15(5,6)7;1-11-12(14(2,3)4)9-8-10-13(11)15(5,6)7;1-11-7-5-6-10-13(11)12-8-3-2-4-9-12;1-11-6-5-9-13(10-11)12-7-3-2-4-8-12;1-11-7-9-13(10-8-11)12-5-3-2-4-6-12;1-9-5-4-7-10-6-2-3-8-11(9)10;1-9-6-7-10-4-2-3-5-11(10)8-9;1-9-6-5-7-10(8-9)11(2,3)4;1-9-7-5-6-8-10(9)11(2,3)4/h3*8-10H,1-7H3;3*2-10H,1H3;2*2-8H,1H3;2*5-8H,1-4H3. The van der Waals surface area contributed by atoms with Crippen LogP contribution in [0.5, 0.6) is 0 Å². The summed E-state index contributed by atoms with van der Waals surface area (Å²) < 4.78 is 0. The maximum absolute atomic E-state index is 2.49. The predicted octanol–water partition coefficient (Wildman–Crippen LogP) is 31.6. The molecule has 672 valence electrons. The highest BCUT2D eigenvalue weighted by molar-refractivity contribution is 6.94. The summed E-state index contributed by atoms with van der Waals surface area (Å²) >= 11 is 0. The lowest BCUT2D eigenvalue weighted by atomic mass is 10.0. The second-order valence-corrected chi connectivity index (χ2v) is 83.5. The molecule has 0 heterocycles. The zero-order chi connectivity index (χ0) is 95.2. The van der Waals surface area contributed by atoms with Crippen LogP contribution in [0, 0.1) is 69.2 Å². The highest BCUT2D eigenvalue weighted by Gasteiger charge is 2.27. The Morgan fingerprint density at radius 1 is 0.148 bits per heavy atom. The summed E-state index contributed by atoms with van der Waals surface area (Å²) in [7, 11) is -9.09. The topological polar surface area (TPSA) is 0 Å². The quantitative estimate of drug-likeness (QED) is 0.113. The first-order valence-electron chi connectivity index (χ1n) is 46.5. The average molecular weight is 1830 g/mol. The summed E-state index contributed by atoms with van der Waals surface area (Å²) in [5.41, 5.74) is 21.7. The number of fused-ring (bicyclic) bond motifs is 2. The monoisotopic (exact) mass is 1830 g/mol. The largest absolute Gasteiger partial charge is 0.0779 e. The molecule has 0 saturated carbocycles. The van der Waals surface area contributed by atoms with Crippen LogP contribution in [0.1, 0.15) is 55.6 Å². The molecule has 0 atom stereocenters. The van der Waals surface area contributed by atoms with Gasteiger partial charge in [-0.2, -0.15) is 0 Å². The van der Waals surface area contributed by atoms with Crippen molar-refractivity contribution in [2.45, 2.75) is 226 Å². The molecule has 0 nitrogen and oxygen atoms in total. The third kappa shape index (κ3) is 36.5. The SMILES string of the molecule is Cc1c([Si](C)(C)C)cccc1[Si](C)(C)C.Cc1cc([Si](C)(C)C)cc([Si](C)(C)C)c1.Cc1ccc(-c2ccccc2)cc1.Cc1ccc([Si](C)(C)C)cc1[Si](C)(C)C.Cc1ccc2ccccc2c1.Cc1cccc(-c2ccccc2)c1.Cc1cccc([Si](C)(C)C)c1.Cc1cccc2ccccc12.Cc1ccccc1-c1ccccc1.Cc1ccccc1[Si](C)(C)C. The van der Waals surface area contributed by atoms with Gasteiger partial charge in [-0.3, -0.25) is 0 Å². The van der Waals surface area contributed by atoms with E-state index in [-0.39, 0.29) is 0 Å². The summed E-state index contributed by atoms with van der Waals surface area (Å²) in [6.07, 6.45) is 0. The van der Waals surface area contributed by atoms with E-state index in [0.717, 1.165) is 0 Å². The molecule has 0 N–H and O–H groups in total. The van der Waals surface area contributed by atoms with Gasteiger partial charge in [0.25, 0.3) is 0 Å². The van der Waals surface area contributed by atoms with Gasteiger partial charge in [0, 0.05) is 0 Å². The first-order chi connectivity index (χ1) is 59.7. The van der Waals surface area contributed by atoms with E-state index in [9.17, 15) is 0 Å². The molecule has 0 fully saturated rings. The molecule has 0 saturated heterocycles. The van der Waals surface area contributed by atoms with Gasteiger partial charge in [0.2, 0.25) is 0 Å². The summed E-state index contributed by atoms with van der Waals surface area (Å²) in [4.78, 5) is 0. The van der Waals surface area contributed by atoms with Gasteiger partial charge in [-0.1, -0.05) is 595 Å². The van der Waals surface area contributed by atoms with Crippen LogP contribution >= 0.6 is 0 Å². The number of hydrogen-bond acceptors (Lipinski definition) is 0. The van der Waals surface area contributed by atoms with Crippen LogP contribution in [-0.2, 0) is 0 Å². The zero-order valence-corrected chi connectivity index (χ0v) is 93.5. The first-order valence-corrected chi connectivity index (χ1v) is 74.5. The van der Waals surface area contributed by atoms with Gasteiger partial charge in [-0.15, -0.1) is 0 Å². The molecule has 0 aliphatic carbocycles. The van der Waals surface area contributed by atoms with Crippen LogP contribution in [0.15, 0.2) is 352 Å². The second-order valence-electron chi connectivity index (χ2n) is 43.1. The van der Waals surface area contributed by atoms with Crippen LogP contribution in [-0.4, -0.2) is 64.6 Å². The number of hydrogen-bond donors (Lipinski definition) is 0. The third-order valence-corrected chi connectivity index (χ3v) is 39.7. The van der Waals surface area contributed by atoms with E-state index < -0.39 is 64.6 Å². The molecule has 0 aromatic heterocycles. The van der Waals surface area contributed by atoms with Crippen molar-refractivity contribution in [3.8, 4) is 33.4 Å². The van der Waals surface area contributed by atoms with Crippen molar-refractivity contribution in [2.24, 2.45) is 0 Å². The minimum Gasteiger partial charge on any atom is -0.0656 e.